The van der Waals surface area contributed by atoms with Gasteiger partial charge in [0.2, 0.25) is 0 Å². The normalized spacial score (nSPS) is 15.9. The summed E-state index contributed by atoms with van der Waals surface area (Å²) in [7, 11) is 0. The summed E-state index contributed by atoms with van der Waals surface area (Å²) in [4.78, 5) is 16.7. The van der Waals surface area contributed by atoms with Gasteiger partial charge >= 0.3 is 0 Å². The molecular weight excluding hydrogens is 336 g/mol. The average Bonchev–Trinajstić information content (AvgIpc) is 2.67. The minimum Gasteiger partial charge on any atom is -0.297 e. The van der Waals surface area contributed by atoms with E-state index in [0.29, 0.717) is 6.54 Å². The lowest BCUT2D eigenvalue weighted by molar-refractivity contribution is -0.122. The number of hydrogen-bond donors (Lipinski definition) is 1. The predicted molar refractivity (Wildman–Crippen MR) is 110 cm³/mol. The number of rotatable bonds is 6. The predicted octanol–water partition coefficient (Wildman–Crippen LogP) is 2.57. The maximum Gasteiger partial charge on any atom is 0.254 e. The Morgan fingerprint density at radius 3 is 2.11 bits per heavy atom. The first-order valence-electron chi connectivity index (χ1n) is 9.47. The van der Waals surface area contributed by atoms with Crippen LogP contribution in [0.25, 0.3) is 0 Å². The van der Waals surface area contributed by atoms with Crippen molar-refractivity contribution in [2.45, 2.75) is 20.4 Å². The molecule has 1 saturated heterocycles. The van der Waals surface area contributed by atoms with Gasteiger partial charge in [-0.1, -0.05) is 59.7 Å². The third kappa shape index (κ3) is 6.31. The summed E-state index contributed by atoms with van der Waals surface area (Å²) in [6.45, 7) is 9.29. The number of hydrogen-bond acceptors (Lipinski definition) is 4. The van der Waals surface area contributed by atoms with Gasteiger partial charge in [0.05, 0.1) is 12.8 Å². The Balaban J connectivity index is 1.37. The van der Waals surface area contributed by atoms with Crippen molar-refractivity contribution in [2.75, 3.05) is 32.7 Å². The molecule has 142 valence electrons. The van der Waals surface area contributed by atoms with Gasteiger partial charge in [-0.15, -0.1) is 0 Å². The molecule has 1 aliphatic heterocycles. The fourth-order valence-corrected chi connectivity index (χ4v) is 3.13. The maximum absolute atomic E-state index is 12.1. The summed E-state index contributed by atoms with van der Waals surface area (Å²) < 4.78 is 0. The number of nitrogens with zero attached hydrogens (tertiary/aromatic N) is 3. The van der Waals surface area contributed by atoms with Crippen molar-refractivity contribution < 1.29 is 4.79 Å². The molecular formula is C22H28N4O. The van der Waals surface area contributed by atoms with Gasteiger partial charge in [0, 0.05) is 32.7 Å². The molecule has 0 bridgehead atoms. The Labute approximate surface area is 161 Å². The SMILES string of the molecule is Cc1ccc(/C=N\NC(=O)CN2CCN(Cc3ccc(C)cc3)CC2)cc1. The largest absolute Gasteiger partial charge is 0.297 e. The second-order valence-corrected chi connectivity index (χ2v) is 7.24. The molecule has 0 unspecified atom stereocenters. The summed E-state index contributed by atoms with van der Waals surface area (Å²) in [6.07, 6.45) is 1.68. The number of nitrogens with one attached hydrogen (secondary N) is 1. The molecule has 0 aromatic heterocycles. The van der Waals surface area contributed by atoms with Crippen molar-refractivity contribution in [3.05, 3.63) is 70.8 Å². The average molecular weight is 364 g/mol. The van der Waals surface area contributed by atoms with Crippen molar-refractivity contribution in [1.82, 2.24) is 15.2 Å². The summed E-state index contributed by atoms with van der Waals surface area (Å²) in [5.74, 6) is -0.0645. The Bertz CT molecular complexity index is 760. The summed E-state index contributed by atoms with van der Waals surface area (Å²) in [6, 6.07) is 16.7. The molecule has 1 fully saturated rings. The molecule has 1 heterocycles. The van der Waals surface area contributed by atoms with Gasteiger partial charge in [0.15, 0.2) is 0 Å². The highest BCUT2D eigenvalue weighted by molar-refractivity contribution is 5.83. The van der Waals surface area contributed by atoms with Crippen molar-refractivity contribution in [2.24, 2.45) is 5.10 Å². The highest BCUT2D eigenvalue weighted by Gasteiger charge is 2.18. The number of benzene rings is 2. The third-order valence-electron chi connectivity index (χ3n) is 4.84. The first-order chi connectivity index (χ1) is 13.1. The fourth-order valence-electron chi connectivity index (χ4n) is 3.13. The van der Waals surface area contributed by atoms with Crippen LogP contribution >= 0.6 is 0 Å². The molecule has 1 amide bonds. The Kier molecular flexibility index (Phi) is 6.74. The van der Waals surface area contributed by atoms with E-state index in [1.165, 1.54) is 16.7 Å². The fraction of sp³-hybridized carbons (Fsp3) is 0.364. The van der Waals surface area contributed by atoms with Crippen LogP contribution in [0.2, 0.25) is 0 Å². The zero-order valence-corrected chi connectivity index (χ0v) is 16.2. The zero-order chi connectivity index (χ0) is 19.1. The monoisotopic (exact) mass is 364 g/mol. The molecule has 0 aliphatic carbocycles. The molecule has 3 rings (SSSR count). The third-order valence-corrected chi connectivity index (χ3v) is 4.84. The van der Waals surface area contributed by atoms with E-state index in [-0.39, 0.29) is 5.91 Å². The number of amides is 1. The van der Waals surface area contributed by atoms with E-state index in [2.05, 4.69) is 51.5 Å². The molecule has 2 aromatic carbocycles. The zero-order valence-electron chi connectivity index (χ0n) is 16.2. The molecule has 2 aromatic rings. The minimum absolute atomic E-state index is 0.0645. The van der Waals surface area contributed by atoms with Crippen molar-refractivity contribution in [3.63, 3.8) is 0 Å². The lowest BCUT2D eigenvalue weighted by atomic mass is 10.1. The van der Waals surface area contributed by atoms with E-state index in [4.69, 9.17) is 0 Å². The van der Waals surface area contributed by atoms with Gasteiger partial charge in [-0.3, -0.25) is 14.6 Å². The molecule has 0 spiro atoms. The second-order valence-electron chi connectivity index (χ2n) is 7.24. The molecule has 27 heavy (non-hydrogen) atoms. The Morgan fingerprint density at radius 2 is 1.48 bits per heavy atom. The van der Waals surface area contributed by atoms with E-state index in [9.17, 15) is 4.79 Å². The lowest BCUT2D eigenvalue weighted by Crippen LogP contribution is -2.48. The van der Waals surface area contributed by atoms with Gasteiger partial charge in [-0.05, 0) is 25.0 Å². The van der Waals surface area contributed by atoms with Crippen LogP contribution < -0.4 is 5.43 Å². The lowest BCUT2D eigenvalue weighted by Gasteiger charge is -2.34. The first-order valence-corrected chi connectivity index (χ1v) is 9.47. The maximum atomic E-state index is 12.1. The van der Waals surface area contributed by atoms with Crippen LogP contribution in [0.4, 0.5) is 0 Å². The van der Waals surface area contributed by atoms with Crippen LogP contribution in [-0.2, 0) is 11.3 Å². The van der Waals surface area contributed by atoms with Crippen molar-refractivity contribution >= 4 is 12.1 Å². The van der Waals surface area contributed by atoms with Gasteiger partial charge in [-0.2, -0.15) is 5.10 Å². The standard InChI is InChI=1S/C22H28N4O/c1-18-3-7-20(8-4-18)15-23-24-22(27)17-26-13-11-25(12-14-26)16-21-9-5-19(2)6-10-21/h3-10,15H,11-14,16-17H2,1-2H3,(H,24,27)/b23-15-. The summed E-state index contributed by atoms with van der Waals surface area (Å²) >= 11 is 0. The minimum atomic E-state index is -0.0645. The van der Waals surface area contributed by atoms with E-state index >= 15 is 0 Å². The summed E-state index contributed by atoms with van der Waals surface area (Å²) in [5.41, 5.74) is 7.44. The Morgan fingerprint density at radius 1 is 0.926 bits per heavy atom. The van der Waals surface area contributed by atoms with E-state index < -0.39 is 0 Å². The number of aryl methyl sites for hydroxylation is 2. The molecule has 0 radical (unpaired) electrons. The van der Waals surface area contributed by atoms with E-state index in [1.54, 1.807) is 6.21 Å². The van der Waals surface area contributed by atoms with Crippen molar-refractivity contribution in [3.8, 4) is 0 Å². The highest BCUT2D eigenvalue weighted by Crippen LogP contribution is 2.09. The van der Waals surface area contributed by atoms with E-state index in [0.717, 1.165) is 38.3 Å². The van der Waals surface area contributed by atoms with Gasteiger partial charge in [0.1, 0.15) is 0 Å². The van der Waals surface area contributed by atoms with Gasteiger partial charge in [0.25, 0.3) is 5.91 Å². The number of hydrazone groups is 1. The van der Waals surface area contributed by atoms with Gasteiger partial charge < -0.3 is 0 Å². The smallest absolute Gasteiger partial charge is 0.254 e. The molecule has 1 N–H and O–H groups in total. The van der Waals surface area contributed by atoms with Crippen LogP contribution in [-0.4, -0.2) is 54.6 Å². The Hall–Kier alpha value is -2.50. The van der Waals surface area contributed by atoms with Crippen LogP contribution in [0.5, 0.6) is 0 Å². The molecule has 0 atom stereocenters. The molecule has 5 nitrogen and oxygen atoms in total. The number of carbonyl (C=O) groups is 1. The van der Waals surface area contributed by atoms with Crippen molar-refractivity contribution in [1.29, 1.82) is 0 Å². The molecule has 0 saturated carbocycles. The topological polar surface area (TPSA) is 47.9 Å². The van der Waals surface area contributed by atoms with Crippen LogP contribution in [0.3, 0.4) is 0 Å². The first kappa shape index (κ1) is 19.3. The highest BCUT2D eigenvalue weighted by atomic mass is 16.2. The summed E-state index contributed by atoms with van der Waals surface area (Å²) in [5, 5.41) is 4.05. The van der Waals surface area contributed by atoms with Crippen LogP contribution in [0.1, 0.15) is 22.3 Å². The van der Waals surface area contributed by atoms with E-state index in [1.807, 2.05) is 31.2 Å². The number of carbonyl (C=O) groups excluding carboxylic acids is 1. The second kappa shape index (κ2) is 9.44. The van der Waals surface area contributed by atoms with Crippen LogP contribution in [0.15, 0.2) is 53.6 Å². The quantitative estimate of drug-likeness (QED) is 0.633. The molecule has 1 aliphatic rings. The van der Waals surface area contributed by atoms with Gasteiger partial charge in [-0.25, -0.2) is 5.43 Å². The number of piperazine rings is 1. The molecule has 5 heteroatoms. The van der Waals surface area contributed by atoms with Crippen LogP contribution in [0, 0.1) is 13.8 Å².